The summed E-state index contributed by atoms with van der Waals surface area (Å²) >= 11 is 0. The van der Waals surface area contributed by atoms with Crippen molar-refractivity contribution in [3.05, 3.63) is 11.6 Å². The van der Waals surface area contributed by atoms with Gasteiger partial charge in [-0.3, -0.25) is 0 Å². The molecule has 0 bridgehead atoms. The van der Waals surface area contributed by atoms with Crippen molar-refractivity contribution in [3.8, 4) is 0 Å². The number of rotatable bonds is 2. The maximum absolute atomic E-state index is 7.07. The Morgan fingerprint density at radius 2 is 1.74 bits per heavy atom. The summed E-state index contributed by atoms with van der Waals surface area (Å²) in [5.41, 5.74) is 2.80. The fourth-order valence-electron chi connectivity index (χ4n) is 7.43. The summed E-state index contributed by atoms with van der Waals surface area (Å²) in [7, 11) is -1.69. The van der Waals surface area contributed by atoms with Crippen molar-refractivity contribution in [1.29, 1.82) is 0 Å². The van der Waals surface area contributed by atoms with E-state index in [2.05, 4.69) is 53.8 Å². The molecule has 0 spiro atoms. The minimum absolute atomic E-state index is 0.318. The molecule has 0 saturated heterocycles. The zero-order valence-electron chi connectivity index (χ0n) is 19.2. The molecule has 2 heteroatoms. The highest BCUT2D eigenvalue weighted by Crippen LogP contribution is 2.66. The number of allylic oxidation sites excluding steroid dienone is 2. The number of hydrogen-bond acceptors (Lipinski definition) is 1. The Morgan fingerprint density at radius 3 is 2.44 bits per heavy atom. The fourth-order valence-corrected chi connectivity index (χ4v) is 8.88. The van der Waals surface area contributed by atoms with Crippen molar-refractivity contribution < 1.29 is 4.43 Å². The molecule has 0 amide bonds. The van der Waals surface area contributed by atoms with Crippen molar-refractivity contribution in [2.75, 3.05) is 0 Å². The first-order valence-corrected chi connectivity index (χ1v) is 14.8. The van der Waals surface area contributed by atoms with Gasteiger partial charge in [0.05, 0.1) is 6.10 Å². The molecule has 154 valence electrons. The summed E-state index contributed by atoms with van der Waals surface area (Å²) in [6.07, 6.45) is 15.8. The summed E-state index contributed by atoms with van der Waals surface area (Å²) < 4.78 is 7.07. The highest BCUT2D eigenvalue weighted by molar-refractivity contribution is 6.74. The molecule has 1 nitrogen and oxygen atoms in total. The van der Waals surface area contributed by atoms with Crippen LogP contribution in [-0.2, 0) is 4.43 Å². The standard InChI is InChI=1S/C25H44OSi/c1-23(2,3)27(6,7)26-22-14-13-20-19-12-11-18-10-8-9-16-24(18,4)21(19)15-17-25(20,22)5/h10,19-22H,8-9,11-17H2,1-7H3/t19-,20?,21?,22-,24-,25-/m0/s1. The monoisotopic (exact) mass is 388 g/mol. The molecule has 0 radical (unpaired) electrons. The second kappa shape index (κ2) is 6.46. The topological polar surface area (TPSA) is 9.23 Å². The molecule has 0 aromatic carbocycles. The average Bonchev–Trinajstić information content (AvgIpc) is 2.89. The Kier molecular flexibility index (Phi) is 4.83. The Labute approximate surface area is 169 Å². The third-order valence-electron chi connectivity index (χ3n) is 10.2. The molecule has 6 atom stereocenters. The van der Waals surface area contributed by atoms with Gasteiger partial charge >= 0.3 is 0 Å². The molecule has 3 saturated carbocycles. The van der Waals surface area contributed by atoms with Gasteiger partial charge < -0.3 is 4.43 Å². The van der Waals surface area contributed by atoms with Crippen LogP contribution in [0.1, 0.15) is 92.4 Å². The Morgan fingerprint density at radius 1 is 1.00 bits per heavy atom. The largest absolute Gasteiger partial charge is 0.413 e. The van der Waals surface area contributed by atoms with E-state index in [-0.39, 0.29) is 0 Å². The summed E-state index contributed by atoms with van der Waals surface area (Å²) in [5.74, 6) is 2.81. The zero-order chi connectivity index (χ0) is 19.7. The highest BCUT2D eigenvalue weighted by Gasteiger charge is 2.60. The van der Waals surface area contributed by atoms with Gasteiger partial charge in [-0.05, 0) is 105 Å². The van der Waals surface area contributed by atoms with Crippen LogP contribution in [0.5, 0.6) is 0 Å². The fraction of sp³-hybridized carbons (Fsp3) is 0.920. The van der Waals surface area contributed by atoms with Gasteiger partial charge in [0, 0.05) is 0 Å². The Bertz CT molecular complexity index is 614. The second-order valence-corrected chi connectivity index (χ2v) is 17.2. The SMILES string of the molecule is CC(C)(C)[Si](C)(C)O[C@H]1CCC2[C@@H]3CCC4=CCCC[C@]4(C)C3CC[C@@]21C. The molecule has 0 N–H and O–H groups in total. The first-order chi connectivity index (χ1) is 12.5. The van der Waals surface area contributed by atoms with Crippen molar-refractivity contribution in [1.82, 2.24) is 0 Å². The van der Waals surface area contributed by atoms with Gasteiger partial charge in [-0.2, -0.15) is 0 Å². The van der Waals surface area contributed by atoms with E-state index in [1.165, 1.54) is 57.8 Å². The van der Waals surface area contributed by atoms with E-state index in [0.717, 1.165) is 17.8 Å². The third kappa shape index (κ3) is 3.03. The van der Waals surface area contributed by atoms with Gasteiger partial charge in [0.2, 0.25) is 0 Å². The summed E-state index contributed by atoms with van der Waals surface area (Å²) in [5, 5.41) is 0.318. The van der Waals surface area contributed by atoms with Gasteiger partial charge in [0.1, 0.15) is 0 Å². The van der Waals surface area contributed by atoms with Crippen LogP contribution in [-0.4, -0.2) is 14.4 Å². The van der Waals surface area contributed by atoms with Crippen LogP contribution in [0.4, 0.5) is 0 Å². The van der Waals surface area contributed by atoms with E-state index in [9.17, 15) is 0 Å². The first kappa shape index (κ1) is 20.2. The van der Waals surface area contributed by atoms with Crippen LogP contribution >= 0.6 is 0 Å². The number of hydrogen-bond donors (Lipinski definition) is 0. The van der Waals surface area contributed by atoms with Gasteiger partial charge in [-0.15, -0.1) is 0 Å². The molecule has 4 rings (SSSR count). The molecule has 2 unspecified atom stereocenters. The predicted octanol–water partition coefficient (Wildman–Crippen LogP) is 7.73. The predicted molar refractivity (Wildman–Crippen MR) is 118 cm³/mol. The Hall–Kier alpha value is -0.0831. The molecular weight excluding hydrogens is 344 g/mol. The van der Waals surface area contributed by atoms with E-state index in [1.54, 1.807) is 0 Å². The van der Waals surface area contributed by atoms with Crippen LogP contribution in [0.3, 0.4) is 0 Å². The smallest absolute Gasteiger partial charge is 0.192 e. The quantitative estimate of drug-likeness (QED) is 0.347. The van der Waals surface area contributed by atoms with Crippen LogP contribution < -0.4 is 0 Å². The Balaban J connectivity index is 1.57. The highest BCUT2D eigenvalue weighted by atomic mass is 28.4. The van der Waals surface area contributed by atoms with Crippen molar-refractivity contribution in [2.45, 2.75) is 117 Å². The lowest BCUT2D eigenvalue weighted by atomic mass is 9.47. The molecule has 3 fully saturated rings. The average molecular weight is 389 g/mol. The molecule has 0 aromatic rings. The van der Waals surface area contributed by atoms with E-state index in [4.69, 9.17) is 4.43 Å². The first-order valence-electron chi connectivity index (χ1n) is 11.9. The molecule has 0 aromatic heterocycles. The van der Waals surface area contributed by atoms with Gasteiger partial charge in [-0.25, -0.2) is 0 Å². The van der Waals surface area contributed by atoms with Crippen molar-refractivity contribution in [3.63, 3.8) is 0 Å². The number of fused-ring (bicyclic) bond motifs is 5. The van der Waals surface area contributed by atoms with Gasteiger partial charge in [0.25, 0.3) is 0 Å². The summed E-state index contributed by atoms with van der Waals surface area (Å²) in [6.45, 7) is 17.3. The third-order valence-corrected chi connectivity index (χ3v) is 14.7. The lowest BCUT2D eigenvalue weighted by Crippen LogP contribution is -2.53. The van der Waals surface area contributed by atoms with E-state index >= 15 is 0 Å². The minimum Gasteiger partial charge on any atom is -0.413 e. The van der Waals surface area contributed by atoms with Gasteiger partial charge in [-0.1, -0.05) is 46.3 Å². The zero-order valence-corrected chi connectivity index (χ0v) is 20.2. The van der Waals surface area contributed by atoms with Crippen LogP contribution in [0.15, 0.2) is 11.6 Å². The molecule has 4 aliphatic carbocycles. The van der Waals surface area contributed by atoms with E-state index in [1.807, 2.05) is 5.57 Å². The lowest BCUT2D eigenvalue weighted by Gasteiger charge is -2.58. The van der Waals surface area contributed by atoms with Crippen LogP contribution in [0, 0.1) is 28.6 Å². The molecule has 27 heavy (non-hydrogen) atoms. The van der Waals surface area contributed by atoms with Crippen LogP contribution in [0.2, 0.25) is 18.1 Å². The maximum Gasteiger partial charge on any atom is 0.192 e. The van der Waals surface area contributed by atoms with Crippen molar-refractivity contribution in [2.24, 2.45) is 28.6 Å². The second-order valence-electron chi connectivity index (χ2n) is 12.4. The van der Waals surface area contributed by atoms with E-state index in [0.29, 0.717) is 22.0 Å². The van der Waals surface area contributed by atoms with E-state index < -0.39 is 8.32 Å². The lowest BCUT2D eigenvalue weighted by molar-refractivity contribution is -0.0701. The molecule has 0 heterocycles. The summed E-state index contributed by atoms with van der Waals surface area (Å²) in [6, 6.07) is 0. The summed E-state index contributed by atoms with van der Waals surface area (Å²) in [4.78, 5) is 0. The molecule has 0 aliphatic heterocycles. The van der Waals surface area contributed by atoms with Crippen LogP contribution in [0.25, 0.3) is 0 Å². The van der Waals surface area contributed by atoms with Gasteiger partial charge in [0.15, 0.2) is 8.32 Å². The minimum atomic E-state index is -1.69. The normalized spacial score (nSPS) is 44.9. The van der Waals surface area contributed by atoms with Crippen molar-refractivity contribution >= 4 is 8.32 Å². The molecular formula is C25H44OSi. The maximum atomic E-state index is 7.07. The molecule has 4 aliphatic rings.